The minimum Gasteiger partial charge on any atom is -0.379 e. The molecular weight excluding hydrogens is 1130 g/mol. The van der Waals surface area contributed by atoms with Gasteiger partial charge in [-0.05, 0) is 120 Å². The second kappa shape index (κ2) is 37.8. The van der Waals surface area contributed by atoms with Crippen LogP contribution >= 0.6 is 0 Å². The van der Waals surface area contributed by atoms with Gasteiger partial charge in [0.2, 0.25) is 41.4 Å². The number of hydrogen-bond acceptors (Lipinski definition) is 14. The molecule has 2 aliphatic heterocycles. The number of urea groups is 1. The van der Waals surface area contributed by atoms with E-state index in [-0.39, 0.29) is 134 Å². The molecule has 1 aromatic carbocycles. The van der Waals surface area contributed by atoms with Gasteiger partial charge in [-0.25, -0.2) is 4.79 Å². The first-order valence-electron chi connectivity index (χ1n) is 32.1. The lowest BCUT2D eigenvalue weighted by Crippen LogP contribution is -2.59. The van der Waals surface area contributed by atoms with E-state index in [9.17, 15) is 47.9 Å². The molecule has 0 bridgehead atoms. The lowest BCUT2D eigenvalue weighted by atomic mass is 9.88. The molecule has 498 valence electrons. The topological polar surface area (TPSA) is 300 Å². The molecule has 2 aliphatic rings. The maximum atomic E-state index is 14.4. The van der Waals surface area contributed by atoms with Gasteiger partial charge in [-0.3, -0.25) is 48.1 Å². The van der Waals surface area contributed by atoms with E-state index in [0.717, 1.165) is 24.9 Å². The number of nitrogens with one attached hydrogen (secondary N) is 6. The molecule has 0 spiro atoms. The predicted molar refractivity (Wildman–Crippen MR) is 340 cm³/mol. The molecule has 88 heavy (non-hydrogen) atoms. The lowest BCUT2D eigenvalue weighted by molar-refractivity contribution is -0.148. The third-order valence-corrected chi connectivity index (χ3v) is 18.0. The first-order valence-corrected chi connectivity index (χ1v) is 32.1. The minimum absolute atomic E-state index is 0.0102. The van der Waals surface area contributed by atoms with E-state index < -0.39 is 66.2 Å². The number of ether oxygens (including phenoxy) is 2. The standard InChI is InChI=1S/C65H111N11O12/c1-17-42(8)59(74(14)64(85)57(40(4)5)72-63(84)58(41(6)7)73(12)13)52(87-15)37-55(81)76-33-19-22-49(76)60(88-16)44(10)50(77)28-29-53(79)69-38-45-24-26-48(27-25-45)70-62(83)46(21-18-31-68-65(66)86)36-51(78)56(39(2)3)71-54(80)23-20-32-75-34-30-47(35-43(75)9)61(82)67-11/h24-27,39-44,46-47,49,52,56-60H,17-23,28-38H2,1-16H3,(H,67,82)(H,69,79)(H,70,83)(H,71,80)(H,72,84)(H3,66,68,86)/t42-,43?,44-,46+,47?,49-,52+,56-,57-,58-,59-,60+/m0/s1. The van der Waals surface area contributed by atoms with Gasteiger partial charge < -0.3 is 61.8 Å². The Morgan fingerprint density at radius 3 is 1.95 bits per heavy atom. The highest BCUT2D eigenvalue weighted by molar-refractivity contribution is 5.97. The summed E-state index contributed by atoms with van der Waals surface area (Å²) in [6, 6.07) is 3.36. The third kappa shape index (κ3) is 23.4. The number of anilines is 1. The van der Waals surface area contributed by atoms with Crippen molar-refractivity contribution in [1.82, 2.24) is 46.2 Å². The van der Waals surface area contributed by atoms with Crippen molar-refractivity contribution >= 4 is 64.6 Å². The maximum Gasteiger partial charge on any atom is 0.312 e. The van der Waals surface area contributed by atoms with Gasteiger partial charge in [0.05, 0.1) is 42.8 Å². The van der Waals surface area contributed by atoms with Gasteiger partial charge in [-0.15, -0.1) is 0 Å². The quantitative estimate of drug-likeness (QED) is 0.0428. The summed E-state index contributed by atoms with van der Waals surface area (Å²) in [6.45, 7) is 21.5. The molecule has 0 saturated carbocycles. The molecule has 0 aliphatic carbocycles. The summed E-state index contributed by atoms with van der Waals surface area (Å²) in [5, 5.41) is 17.0. The normalized spacial score (nSPS) is 19.4. The summed E-state index contributed by atoms with van der Waals surface area (Å²) in [5.41, 5.74) is 6.45. The van der Waals surface area contributed by atoms with Crippen molar-refractivity contribution in [2.24, 2.45) is 47.2 Å². The van der Waals surface area contributed by atoms with E-state index in [0.29, 0.717) is 50.9 Å². The van der Waals surface area contributed by atoms with Crippen LogP contribution in [0, 0.1) is 41.4 Å². The Bertz CT molecular complexity index is 2430. The van der Waals surface area contributed by atoms with Gasteiger partial charge in [-0.1, -0.05) is 80.9 Å². The van der Waals surface area contributed by atoms with Gasteiger partial charge in [0.15, 0.2) is 5.78 Å². The number of methoxy groups -OCH3 is 2. The number of benzene rings is 1. The van der Waals surface area contributed by atoms with Crippen molar-refractivity contribution in [1.29, 1.82) is 0 Å². The van der Waals surface area contributed by atoms with E-state index >= 15 is 0 Å². The third-order valence-electron chi connectivity index (χ3n) is 18.0. The first-order chi connectivity index (χ1) is 41.5. The zero-order chi connectivity index (χ0) is 66.1. The Morgan fingerprint density at radius 1 is 0.739 bits per heavy atom. The van der Waals surface area contributed by atoms with Crippen LogP contribution in [0.1, 0.15) is 158 Å². The van der Waals surface area contributed by atoms with Crippen molar-refractivity contribution in [2.45, 2.75) is 208 Å². The second-order valence-electron chi connectivity index (χ2n) is 25.8. The van der Waals surface area contributed by atoms with Crippen molar-refractivity contribution < 1.29 is 57.4 Å². The number of rotatable bonds is 38. The van der Waals surface area contributed by atoms with E-state index in [1.54, 1.807) is 55.1 Å². The molecule has 9 amide bonds. The number of piperidine rings is 1. The van der Waals surface area contributed by atoms with Crippen molar-refractivity contribution in [3.63, 3.8) is 0 Å². The smallest absolute Gasteiger partial charge is 0.312 e. The molecule has 2 heterocycles. The van der Waals surface area contributed by atoms with Crippen LogP contribution in [0.5, 0.6) is 0 Å². The number of amides is 9. The molecule has 2 saturated heterocycles. The average Bonchev–Trinajstić information content (AvgIpc) is 4.03. The number of likely N-dealkylation sites (tertiary alicyclic amines) is 2. The van der Waals surface area contributed by atoms with Gasteiger partial charge in [-0.2, -0.15) is 0 Å². The highest BCUT2D eigenvalue weighted by Gasteiger charge is 2.43. The molecule has 3 rings (SSSR count). The fraction of sp³-hybridized carbons (Fsp3) is 0.754. The van der Waals surface area contributed by atoms with Gasteiger partial charge in [0.1, 0.15) is 11.8 Å². The first kappa shape index (κ1) is 76.2. The Labute approximate surface area is 524 Å². The molecule has 23 nitrogen and oxygen atoms in total. The van der Waals surface area contributed by atoms with Crippen LogP contribution in [0.4, 0.5) is 10.5 Å². The second-order valence-corrected chi connectivity index (χ2v) is 25.8. The Kier molecular flexibility index (Phi) is 32.8. The summed E-state index contributed by atoms with van der Waals surface area (Å²) in [6.07, 6.45) is 3.28. The number of ketones is 2. The number of primary amides is 1. The monoisotopic (exact) mass is 1240 g/mol. The van der Waals surface area contributed by atoms with Crippen LogP contribution in [0.3, 0.4) is 0 Å². The van der Waals surface area contributed by atoms with Gasteiger partial charge in [0.25, 0.3) is 0 Å². The van der Waals surface area contributed by atoms with Gasteiger partial charge >= 0.3 is 6.03 Å². The molecule has 1 aromatic rings. The van der Waals surface area contributed by atoms with Crippen molar-refractivity contribution in [3.8, 4) is 0 Å². The number of nitrogens with zero attached hydrogens (tertiary/aromatic N) is 4. The molecule has 0 aromatic heterocycles. The van der Waals surface area contributed by atoms with Crippen LogP contribution < -0.4 is 37.6 Å². The fourth-order valence-corrected chi connectivity index (χ4v) is 12.7. The van der Waals surface area contributed by atoms with Crippen LogP contribution in [-0.2, 0) is 59.2 Å². The fourth-order valence-electron chi connectivity index (χ4n) is 12.7. The zero-order valence-electron chi connectivity index (χ0n) is 56.0. The predicted octanol–water partition coefficient (Wildman–Crippen LogP) is 5.03. The average molecular weight is 1240 g/mol. The summed E-state index contributed by atoms with van der Waals surface area (Å²) < 4.78 is 12.0. The molecule has 0 radical (unpaired) electrons. The molecule has 23 heteroatoms. The molecule has 2 fully saturated rings. The maximum absolute atomic E-state index is 14.4. The summed E-state index contributed by atoms with van der Waals surface area (Å²) in [5.74, 6) is -4.12. The number of carbonyl (C=O) groups excluding carboxylic acids is 10. The summed E-state index contributed by atoms with van der Waals surface area (Å²) in [7, 11) is 10.1. The van der Waals surface area contributed by atoms with Crippen LogP contribution in [0.15, 0.2) is 24.3 Å². The minimum atomic E-state index is -0.823. The van der Waals surface area contributed by atoms with Gasteiger partial charge in [0, 0.05) is 103 Å². The largest absolute Gasteiger partial charge is 0.379 e. The number of hydrogen-bond donors (Lipinski definition) is 7. The Morgan fingerprint density at radius 2 is 1.40 bits per heavy atom. The zero-order valence-corrected chi connectivity index (χ0v) is 56.0. The number of carbonyl (C=O) groups is 10. The SMILES string of the molecule is CC[C@H](C)[C@@H]([C@@H](CC(=O)N1CCC[C@H]1[C@H](OC)[C@@H](C)C(=O)CCC(=O)NCc1ccc(NC(=O)[C@H](CCCNC(N)=O)CC(=O)[C@@H](NC(=O)CCCN2CCC(C(=O)NC)CC2C)C(C)C)cc1)OC)N(C)C(=O)[C@@H](NC(=O)[C@H](C(C)C)N(C)C)C(C)C. The number of likely N-dealkylation sites (N-methyl/N-ethyl adjacent to an activating group) is 2. The van der Waals surface area contributed by atoms with E-state index in [4.69, 9.17) is 15.2 Å². The van der Waals surface area contributed by atoms with E-state index in [1.807, 2.05) is 74.4 Å². The van der Waals surface area contributed by atoms with E-state index in [1.165, 1.54) is 14.2 Å². The molecule has 12 atom stereocenters. The van der Waals surface area contributed by atoms with E-state index in [2.05, 4.69) is 43.7 Å². The van der Waals surface area contributed by atoms with Crippen LogP contribution in [0.2, 0.25) is 0 Å². The summed E-state index contributed by atoms with van der Waals surface area (Å²) >= 11 is 0. The Hall–Kier alpha value is -6.04. The molecule has 8 N–H and O–H groups in total. The van der Waals surface area contributed by atoms with Crippen LogP contribution in [0.25, 0.3) is 0 Å². The van der Waals surface area contributed by atoms with Crippen molar-refractivity contribution in [3.05, 3.63) is 29.8 Å². The summed E-state index contributed by atoms with van der Waals surface area (Å²) in [4.78, 5) is 141. The highest BCUT2D eigenvalue weighted by atomic mass is 16.5. The molecular formula is C65H111N11O12. The number of nitrogens with two attached hydrogens (primary N) is 1. The Balaban J connectivity index is 1.59. The number of Topliss-reactive ketones (excluding diaryl/α,β-unsaturated/α-hetero) is 2. The van der Waals surface area contributed by atoms with Crippen LogP contribution in [-0.4, -0.2) is 196 Å². The molecule has 2 unspecified atom stereocenters. The lowest BCUT2D eigenvalue weighted by Gasteiger charge is -2.41. The highest BCUT2D eigenvalue weighted by Crippen LogP contribution is 2.31. The van der Waals surface area contributed by atoms with Crippen molar-refractivity contribution in [2.75, 3.05) is 73.9 Å².